The molecule has 3 aliphatic rings. The summed E-state index contributed by atoms with van der Waals surface area (Å²) in [6.45, 7) is 7.95. The summed E-state index contributed by atoms with van der Waals surface area (Å²) in [6.07, 6.45) is 5.84. The van der Waals surface area contributed by atoms with Crippen molar-refractivity contribution < 1.29 is 4.74 Å². The van der Waals surface area contributed by atoms with Crippen molar-refractivity contribution in [2.75, 3.05) is 45.9 Å². The molecule has 3 heteroatoms. The molecule has 0 spiro atoms. The fourth-order valence-corrected chi connectivity index (χ4v) is 3.34. The molecule has 1 N–H and O–H groups in total. The van der Waals surface area contributed by atoms with Crippen LogP contribution in [0.1, 0.15) is 25.7 Å². The van der Waals surface area contributed by atoms with Crippen molar-refractivity contribution in [3.63, 3.8) is 0 Å². The molecular weight excluding hydrogens is 200 g/mol. The number of nitrogens with zero attached hydrogens (tertiary/aromatic N) is 1. The summed E-state index contributed by atoms with van der Waals surface area (Å²) in [5.74, 6) is 1.06. The molecule has 0 radical (unpaired) electrons. The fraction of sp³-hybridized carbons (Fsp3) is 1.00. The molecule has 3 rings (SSSR count). The van der Waals surface area contributed by atoms with Crippen LogP contribution in [-0.4, -0.2) is 50.8 Å². The van der Waals surface area contributed by atoms with E-state index in [2.05, 4.69) is 10.2 Å². The van der Waals surface area contributed by atoms with Gasteiger partial charge in [0.1, 0.15) is 0 Å². The first kappa shape index (κ1) is 11.0. The third-order valence-corrected chi connectivity index (χ3v) is 4.41. The summed E-state index contributed by atoms with van der Waals surface area (Å²) in [6, 6.07) is 0. The molecule has 2 heterocycles. The molecule has 0 amide bonds. The van der Waals surface area contributed by atoms with Crippen LogP contribution in [-0.2, 0) is 4.74 Å². The number of ether oxygens (including phenoxy) is 1. The number of hydrogen-bond acceptors (Lipinski definition) is 3. The molecule has 16 heavy (non-hydrogen) atoms. The lowest BCUT2D eigenvalue weighted by Crippen LogP contribution is -2.45. The summed E-state index contributed by atoms with van der Waals surface area (Å²) in [5, 5.41) is 3.58. The van der Waals surface area contributed by atoms with Crippen molar-refractivity contribution in [3.05, 3.63) is 0 Å². The standard InChI is InChI=1S/C13H24N2O/c1-2-12(1)9-13(3-4-14-10-13)11-15-5-7-16-8-6-15/h12,14H,1-11H2. The van der Waals surface area contributed by atoms with Gasteiger partial charge in [-0.1, -0.05) is 12.8 Å². The Morgan fingerprint density at radius 1 is 1.25 bits per heavy atom. The Balaban J connectivity index is 1.58. The van der Waals surface area contributed by atoms with Crippen LogP contribution < -0.4 is 5.32 Å². The number of nitrogens with one attached hydrogen (secondary N) is 1. The summed E-state index contributed by atoms with van der Waals surface area (Å²) < 4.78 is 5.43. The summed E-state index contributed by atoms with van der Waals surface area (Å²) in [7, 11) is 0. The number of hydrogen-bond donors (Lipinski definition) is 1. The Kier molecular flexibility index (Phi) is 3.18. The topological polar surface area (TPSA) is 24.5 Å². The van der Waals surface area contributed by atoms with E-state index in [0.717, 1.165) is 32.2 Å². The highest BCUT2D eigenvalue weighted by molar-refractivity contribution is 4.94. The average molecular weight is 224 g/mol. The van der Waals surface area contributed by atoms with Gasteiger partial charge in [0.25, 0.3) is 0 Å². The Labute approximate surface area is 98.5 Å². The second-order valence-corrected chi connectivity index (χ2v) is 5.96. The number of rotatable bonds is 4. The molecule has 3 nitrogen and oxygen atoms in total. The van der Waals surface area contributed by atoms with Gasteiger partial charge in [0.05, 0.1) is 13.2 Å². The van der Waals surface area contributed by atoms with Crippen molar-refractivity contribution in [2.45, 2.75) is 25.7 Å². The van der Waals surface area contributed by atoms with E-state index in [9.17, 15) is 0 Å². The van der Waals surface area contributed by atoms with E-state index in [1.807, 2.05) is 0 Å². The van der Waals surface area contributed by atoms with Crippen molar-refractivity contribution in [3.8, 4) is 0 Å². The number of morpholine rings is 1. The van der Waals surface area contributed by atoms with Gasteiger partial charge >= 0.3 is 0 Å². The maximum absolute atomic E-state index is 5.43. The Bertz CT molecular complexity index is 228. The van der Waals surface area contributed by atoms with Crippen molar-refractivity contribution in [2.24, 2.45) is 11.3 Å². The van der Waals surface area contributed by atoms with Gasteiger partial charge in [-0.2, -0.15) is 0 Å². The van der Waals surface area contributed by atoms with Crippen LogP contribution in [0, 0.1) is 11.3 Å². The first-order valence-corrected chi connectivity index (χ1v) is 6.87. The molecule has 1 atom stereocenters. The van der Waals surface area contributed by atoms with E-state index in [1.165, 1.54) is 45.3 Å². The Morgan fingerprint density at radius 2 is 2.06 bits per heavy atom. The molecule has 0 aromatic heterocycles. The third kappa shape index (κ3) is 2.58. The SMILES string of the molecule is C1CC(CC2CC2)(CN2CCOCC2)CN1. The van der Waals surface area contributed by atoms with Crippen LogP contribution >= 0.6 is 0 Å². The molecule has 0 aromatic carbocycles. The van der Waals surface area contributed by atoms with Gasteiger partial charge in [0.2, 0.25) is 0 Å². The molecule has 92 valence electrons. The van der Waals surface area contributed by atoms with Crippen LogP contribution in [0.3, 0.4) is 0 Å². The van der Waals surface area contributed by atoms with Crippen LogP contribution in [0.25, 0.3) is 0 Å². The van der Waals surface area contributed by atoms with Crippen molar-refractivity contribution >= 4 is 0 Å². The maximum Gasteiger partial charge on any atom is 0.0594 e. The second kappa shape index (κ2) is 4.63. The van der Waals surface area contributed by atoms with Gasteiger partial charge in [-0.25, -0.2) is 0 Å². The first-order chi connectivity index (χ1) is 7.86. The summed E-state index contributed by atoms with van der Waals surface area (Å²) >= 11 is 0. The molecule has 0 aromatic rings. The summed E-state index contributed by atoms with van der Waals surface area (Å²) in [5.41, 5.74) is 0.596. The highest BCUT2D eigenvalue weighted by atomic mass is 16.5. The Morgan fingerprint density at radius 3 is 2.69 bits per heavy atom. The molecule has 1 aliphatic carbocycles. The highest BCUT2D eigenvalue weighted by Gasteiger charge is 2.40. The van der Waals surface area contributed by atoms with E-state index in [1.54, 1.807) is 0 Å². The van der Waals surface area contributed by atoms with Gasteiger partial charge in [-0.3, -0.25) is 4.90 Å². The van der Waals surface area contributed by atoms with Gasteiger partial charge in [0.15, 0.2) is 0 Å². The minimum Gasteiger partial charge on any atom is -0.379 e. The zero-order valence-corrected chi connectivity index (χ0v) is 10.2. The highest BCUT2D eigenvalue weighted by Crippen LogP contribution is 2.43. The fourth-order valence-electron chi connectivity index (χ4n) is 3.34. The van der Waals surface area contributed by atoms with Crippen LogP contribution in [0.4, 0.5) is 0 Å². The van der Waals surface area contributed by atoms with E-state index in [4.69, 9.17) is 4.74 Å². The van der Waals surface area contributed by atoms with E-state index >= 15 is 0 Å². The minimum absolute atomic E-state index is 0.596. The second-order valence-electron chi connectivity index (χ2n) is 5.96. The molecule has 1 saturated carbocycles. The maximum atomic E-state index is 5.43. The van der Waals surface area contributed by atoms with Gasteiger partial charge in [0, 0.05) is 26.2 Å². The van der Waals surface area contributed by atoms with Crippen LogP contribution in [0.5, 0.6) is 0 Å². The summed E-state index contributed by atoms with van der Waals surface area (Å²) in [4.78, 5) is 2.62. The van der Waals surface area contributed by atoms with Gasteiger partial charge in [-0.05, 0) is 30.7 Å². The third-order valence-electron chi connectivity index (χ3n) is 4.41. The largest absolute Gasteiger partial charge is 0.379 e. The lowest BCUT2D eigenvalue weighted by molar-refractivity contribution is 0.0163. The zero-order valence-electron chi connectivity index (χ0n) is 10.2. The molecule has 1 unspecified atom stereocenters. The molecule has 3 fully saturated rings. The van der Waals surface area contributed by atoms with E-state index in [-0.39, 0.29) is 0 Å². The predicted octanol–water partition coefficient (Wildman–Crippen LogP) is 1.10. The van der Waals surface area contributed by atoms with Gasteiger partial charge < -0.3 is 10.1 Å². The van der Waals surface area contributed by atoms with Crippen LogP contribution in [0.2, 0.25) is 0 Å². The lowest BCUT2D eigenvalue weighted by atomic mass is 9.81. The predicted molar refractivity (Wildman–Crippen MR) is 64.5 cm³/mol. The quantitative estimate of drug-likeness (QED) is 0.774. The zero-order chi connectivity index (χ0) is 10.8. The van der Waals surface area contributed by atoms with Gasteiger partial charge in [-0.15, -0.1) is 0 Å². The monoisotopic (exact) mass is 224 g/mol. The Hall–Kier alpha value is -0.120. The first-order valence-electron chi connectivity index (χ1n) is 6.87. The van der Waals surface area contributed by atoms with Crippen molar-refractivity contribution in [1.29, 1.82) is 0 Å². The van der Waals surface area contributed by atoms with E-state index in [0.29, 0.717) is 5.41 Å². The smallest absolute Gasteiger partial charge is 0.0594 e. The normalized spacial score (nSPS) is 36.8. The molecule has 2 saturated heterocycles. The van der Waals surface area contributed by atoms with E-state index < -0.39 is 0 Å². The lowest BCUT2D eigenvalue weighted by Gasteiger charge is -2.37. The average Bonchev–Trinajstić information content (AvgIpc) is 2.99. The minimum atomic E-state index is 0.596. The molecule has 0 bridgehead atoms. The van der Waals surface area contributed by atoms with Crippen molar-refractivity contribution in [1.82, 2.24) is 10.2 Å². The van der Waals surface area contributed by atoms with Crippen LogP contribution in [0.15, 0.2) is 0 Å². The molecular formula is C13H24N2O. The molecule has 2 aliphatic heterocycles.